The Morgan fingerprint density at radius 2 is 2.00 bits per heavy atom. The highest BCUT2D eigenvalue weighted by Gasteiger charge is 2.26. The Morgan fingerprint density at radius 3 is 2.55 bits per heavy atom. The van der Waals surface area contributed by atoms with Gasteiger partial charge in [0, 0.05) is 0 Å². The highest BCUT2D eigenvalue weighted by molar-refractivity contribution is 5.68. The molecule has 0 radical (unpaired) electrons. The monoisotopic (exact) mass is 146 g/mol. The van der Waals surface area contributed by atoms with Crippen molar-refractivity contribution in [2.45, 2.75) is 6.10 Å². The van der Waals surface area contributed by atoms with Crippen LogP contribution in [0.2, 0.25) is 0 Å². The molecule has 1 aromatic carbocycles. The van der Waals surface area contributed by atoms with E-state index in [0.29, 0.717) is 0 Å². The smallest absolute Gasteiger partial charge is 0.106 e. The van der Waals surface area contributed by atoms with Gasteiger partial charge in [0.25, 0.3) is 0 Å². The number of rotatable bonds is 2. The second-order valence-electron chi connectivity index (χ2n) is 2.71. The Morgan fingerprint density at radius 1 is 1.36 bits per heavy atom. The SMILES string of the molecule is C=C(c1ccccc1)C1CO1. The molecular formula is C10H10O. The van der Waals surface area contributed by atoms with Gasteiger partial charge in [-0.2, -0.15) is 0 Å². The lowest BCUT2D eigenvalue weighted by atomic mass is 10.1. The second-order valence-corrected chi connectivity index (χ2v) is 2.71. The molecule has 1 heterocycles. The maximum atomic E-state index is 5.13. The van der Waals surface area contributed by atoms with E-state index in [1.165, 1.54) is 5.56 Å². The zero-order valence-corrected chi connectivity index (χ0v) is 6.29. The van der Waals surface area contributed by atoms with E-state index in [0.717, 1.165) is 12.2 Å². The lowest BCUT2D eigenvalue weighted by molar-refractivity contribution is 0.445. The van der Waals surface area contributed by atoms with Gasteiger partial charge >= 0.3 is 0 Å². The maximum Gasteiger partial charge on any atom is 0.106 e. The van der Waals surface area contributed by atoms with Gasteiger partial charge in [0.05, 0.1) is 6.61 Å². The van der Waals surface area contributed by atoms with Crippen LogP contribution in [0.3, 0.4) is 0 Å². The van der Waals surface area contributed by atoms with Crippen LogP contribution in [0.25, 0.3) is 5.57 Å². The van der Waals surface area contributed by atoms with Gasteiger partial charge in [-0.05, 0) is 11.1 Å². The molecule has 56 valence electrons. The van der Waals surface area contributed by atoms with Gasteiger partial charge in [0.1, 0.15) is 6.10 Å². The average molecular weight is 146 g/mol. The first-order chi connectivity index (χ1) is 5.38. The second kappa shape index (κ2) is 2.51. The van der Waals surface area contributed by atoms with Crippen molar-refractivity contribution < 1.29 is 4.74 Å². The molecule has 1 heteroatoms. The quantitative estimate of drug-likeness (QED) is 0.582. The van der Waals surface area contributed by atoms with Crippen LogP contribution >= 0.6 is 0 Å². The van der Waals surface area contributed by atoms with Crippen molar-refractivity contribution in [3.63, 3.8) is 0 Å². The van der Waals surface area contributed by atoms with Crippen LogP contribution in [-0.2, 0) is 4.74 Å². The fraction of sp³-hybridized carbons (Fsp3) is 0.200. The van der Waals surface area contributed by atoms with E-state index in [9.17, 15) is 0 Å². The lowest BCUT2D eigenvalue weighted by Gasteiger charge is -1.99. The van der Waals surface area contributed by atoms with E-state index >= 15 is 0 Å². The molecule has 11 heavy (non-hydrogen) atoms. The van der Waals surface area contributed by atoms with Crippen LogP contribution in [0.1, 0.15) is 5.56 Å². The topological polar surface area (TPSA) is 12.5 Å². The fourth-order valence-corrected chi connectivity index (χ4v) is 1.09. The molecule has 0 amide bonds. The third-order valence-electron chi connectivity index (χ3n) is 1.87. The van der Waals surface area contributed by atoms with Crippen LogP contribution in [0, 0.1) is 0 Å². The van der Waals surface area contributed by atoms with E-state index < -0.39 is 0 Å². The van der Waals surface area contributed by atoms with Crippen molar-refractivity contribution in [2.24, 2.45) is 0 Å². The molecule has 1 atom stereocenters. The van der Waals surface area contributed by atoms with Gasteiger partial charge in [-0.15, -0.1) is 0 Å². The molecule has 0 aromatic heterocycles. The summed E-state index contributed by atoms with van der Waals surface area (Å²) < 4.78 is 5.13. The van der Waals surface area contributed by atoms with Crippen LogP contribution in [0.4, 0.5) is 0 Å². The van der Waals surface area contributed by atoms with Crippen LogP contribution in [-0.4, -0.2) is 12.7 Å². The minimum atomic E-state index is 0.289. The molecule has 0 N–H and O–H groups in total. The minimum absolute atomic E-state index is 0.289. The van der Waals surface area contributed by atoms with Crippen molar-refractivity contribution in [2.75, 3.05) is 6.61 Å². The van der Waals surface area contributed by atoms with Crippen molar-refractivity contribution in [1.82, 2.24) is 0 Å². The van der Waals surface area contributed by atoms with Gasteiger partial charge in [0.15, 0.2) is 0 Å². The fourth-order valence-electron chi connectivity index (χ4n) is 1.09. The molecule has 0 bridgehead atoms. The third kappa shape index (κ3) is 1.33. The summed E-state index contributed by atoms with van der Waals surface area (Å²) in [6, 6.07) is 10.2. The number of hydrogen-bond acceptors (Lipinski definition) is 1. The molecule has 1 unspecified atom stereocenters. The maximum absolute atomic E-state index is 5.13. The van der Waals surface area contributed by atoms with Gasteiger partial charge < -0.3 is 4.74 Å². The minimum Gasteiger partial charge on any atom is -0.368 e. The standard InChI is InChI=1S/C10H10O/c1-8(10-7-11-10)9-5-3-2-4-6-9/h2-6,10H,1,7H2. The normalized spacial score (nSPS) is 21.3. The molecule has 1 saturated heterocycles. The van der Waals surface area contributed by atoms with E-state index in [2.05, 4.69) is 18.7 Å². The summed E-state index contributed by atoms with van der Waals surface area (Å²) in [6.07, 6.45) is 0.289. The highest BCUT2D eigenvalue weighted by atomic mass is 16.6. The van der Waals surface area contributed by atoms with Gasteiger partial charge in [0.2, 0.25) is 0 Å². The summed E-state index contributed by atoms with van der Waals surface area (Å²) in [6.45, 7) is 4.80. The summed E-state index contributed by atoms with van der Waals surface area (Å²) in [5.74, 6) is 0. The van der Waals surface area contributed by atoms with Crippen molar-refractivity contribution >= 4 is 5.57 Å². The Balaban J connectivity index is 2.22. The zero-order valence-electron chi connectivity index (χ0n) is 6.29. The molecule has 1 fully saturated rings. The molecule has 1 aromatic rings. The summed E-state index contributed by atoms with van der Waals surface area (Å²) in [5.41, 5.74) is 2.29. The molecular weight excluding hydrogens is 136 g/mol. The van der Waals surface area contributed by atoms with Crippen LogP contribution < -0.4 is 0 Å². The average Bonchev–Trinajstić information content (AvgIpc) is 2.87. The largest absolute Gasteiger partial charge is 0.368 e. The predicted molar refractivity (Wildman–Crippen MR) is 45.2 cm³/mol. The Labute approximate surface area is 66.3 Å². The van der Waals surface area contributed by atoms with Crippen LogP contribution in [0.15, 0.2) is 36.9 Å². The summed E-state index contributed by atoms with van der Waals surface area (Å²) >= 11 is 0. The molecule has 0 aliphatic carbocycles. The molecule has 0 spiro atoms. The lowest BCUT2D eigenvalue weighted by Crippen LogP contribution is -1.88. The van der Waals surface area contributed by atoms with E-state index in [4.69, 9.17) is 4.74 Å². The van der Waals surface area contributed by atoms with Crippen molar-refractivity contribution in [3.05, 3.63) is 42.5 Å². The first kappa shape index (κ1) is 6.62. The molecule has 1 nitrogen and oxygen atoms in total. The summed E-state index contributed by atoms with van der Waals surface area (Å²) in [7, 11) is 0. The predicted octanol–water partition coefficient (Wildman–Crippen LogP) is 2.10. The molecule has 0 saturated carbocycles. The Kier molecular flexibility index (Phi) is 1.51. The zero-order chi connectivity index (χ0) is 7.68. The number of epoxide rings is 1. The molecule has 1 aliphatic rings. The molecule has 1 aliphatic heterocycles. The Hall–Kier alpha value is -1.08. The number of ether oxygens (including phenoxy) is 1. The van der Waals surface area contributed by atoms with Gasteiger partial charge in [-0.1, -0.05) is 36.9 Å². The van der Waals surface area contributed by atoms with Gasteiger partial charge in [-0.3, -0.25) is 0 Å². The third-order valence-corrected chi connectivity index (χ3v) is 1.87. The summed E-state index contributed by atoms with van der Waals surface area (Å²) in [5, 5.41) is 0. The summed E-state index contributed by atoms with van der Waals surface area (Å²) in [4.78, 5) is 0. The number of hydrogen-bond donors (Lipinski definition) is 0. The van der Waals surface area contributed by atoms with E-state index in [-0.39, 0.29) is 6.10 Å². The van der Waals surface area contributed by atoms with Crippen molar-refractivity contribution in [1.29, 1.82) is 0 Å². The van der Waals surface area contributed by atoms with E-state index in [1.807, 2.05) is 18.2 Å². The van der Waals surface area contributed by atoms with Crippen molar-refractivity contribution in [3.8, 4) is 0 Å². The van der Waals surface area contributed by atoms with Gasteiger partial charge in [-0.25, -0.2) is 0 Å². The highest BCUT2D eigenvalue weighted by Crippen LogP contribution is 2.26. The number of benzene rings is 1. The Bertz CT molecular complexity index is 259. The first-order valence-electron chi connectivity index (χ1n) is 3.74. The first-order valence-corrected chi connectivity index (χ1v) is 3.74. The van der Waals surface area contributed by atoms with Crippen LogP contribution in [0.5, 0.6) is 0 Å². The molecule has 2 rings (SSSR count). The van der Waals surface area contributed by atoms with E-state index in [1.54, 1.807) is 0 Å².